The number of nitrogen functional groups attached to an aromatic ring is 1. The summed E-state index contributed by atoms with van der Waals surface area (Å²) < 4.78 is 18.7. The second-order valence-electron chi connectivity index (χ2n) is 6.21. The summed E-state index contributed by atoms with van der Waals surface area (Å²) in [6, 6.07) is 0. The van der Waals surface area contributed by atoms with E-state index in [9.17, 15) is 14.4 Å². The van der Waals surface area contributed by atoms with Crippen molar-refractivity contribution in [2.75, 3.05) is 12.3 Å². The Labute approximate surface area is 159 Å². The van der Waals surface area contributed by atoms with E-state index in [1.807, 2.05) is 0 Å². The Hall–Kier alpha value is -3.39. The summed E-state index contributed by atoms with van der Waals surface area (Å²) in [4.78, 5) is 43.6. The van der Waals surface area contributed by atoms with Gasteiger partial charge in [-0.25, -0.2) is 14.3 Å². The van der Waals surface area contributed by atoms with Gasteiger partial charge in [0.1, 0.15) is 18.2 Å². The fourth-order valence-corrected chi connectivity index (χ4v) is 3.12. The Morgan fingerprint density at radius 1 is 1.43 bits per heavy atom. The third kappa shape index (κ3) is 3.67. The monoisotopic (exact) mass is 389 g/mol. The Morgan fingerprint density at radius 3 is 2.82 bits per heavy atom. The summed E-state index contributed by atoms with van der Waals surface area (Å²) in [7, 11) is 0. The van der Waals surface area contributed by atoms with Crippen LogP contribution in [-0.2, 0) is 30.3 Å². The predicted octanol–water partition coefficient (Wildman–Crippen LogP) is -0.409. The number of anilines is 1. The average molecular weight is 389 g/mol. The lowest BCUT2D eigenvalue weighted by Crippen LogP contribution is -2.33. The number of nitrogens with zero attached hydrogens (tertiary/aromatic N) is 4. The van der Waals surface area contributed by atoms with E-state index >= 15 is 0 Å². The molecule has 0 saturated carbocycles. The summed E-state index contributed by atoms with van der Waals surface area (Å²) in [6.45, 7) is 2.46. The van der Waals surface area contributed by atoms with E-state index in [0.29, 0.717) is 5.52 Å². The second kappa shape index (κ2) is 7.69. The molecule has 0 unspecified atom stereocenters. The van der Waals surface area contributed by atoms with Crippen LogP contribution in [0, 0.1) is 12.3 Å². The molecule has 0 radical (unpaired) electrons. The topological polar surface area (TPSA) is 141 Å². The smallest absolute Gasteiger partial charge is 0.333 e. The zero-order valence-electron chi connectivity index (χ0n) is 15.3. The van der Waals surface area contributed by atoms with Gasteiger partial charge in [0.25, 0.3) is 0 Å². The van der Waals surface area contributed by atoms with E-state index in [0.717, 1.165) is 0 Å². The molecular formula is C17H19N5O6. The summed E-state index contributed by atoms with van der Waals surface area (Å²) in [5, 5.41) is 0. The number of terminal acetylenes is 1. The number of carbonyl (C=O) groups is 2. The van der Waals surface area contributed by atoms with Crippen LogP contribution in [0.2, 0.25) is 0 Å². The van der Waals surface area contributed by atoms with Crippen molar-refractivity contribution in [2.24, 2.45) is 0 Å². The molecule has 1 fully saturated rings. The van der Waals surface area contributed by atoms with E-state index < -0.39 is 36.1 Å². The van der Waals surface area contributed by atoms with Gasteiger partial charge in [-0.2, -0.15) is 4.98 Å². The van der Waals surface area contributed by atoms with Crippen LogP contribution in [0.3, 0.4) is 0 Å². The van der Waals surface area contributed by atoms with Gasteiger partial charge in [0, 0.05) is 20.3 Å². The van der Waals surface area contributed by atoms with Gasteiger partial charge in [-0.1, -0.05) is 5.92 Å². The summed E-state index contributed by atoms with van der Waals surface area (Å²) >= 11 is 0. The molecule has 0 amide bonds. The van der Waals surface area contributed by atoms with Gasteiger partial charge in [0.05, 0.1) is 18.8 Å². The van der Waals surface area contributed by atoms with E-state index in [4.69, 9.17) is 26.4 Å². The van der Waals surface area contributed by atoms with Gasteiger partial charge in [0.2, 0.25) is 5.95 Å². The number of hydrogen-bond donors (Lipinski definition) is 1. The first-order valence-corrected chi connectivity index (χ1v) is 8.44. The van der Waals surface area contributed by atoms with Crippen molar-refractivity contribution in [2.45, 2.75) is 45.2 Å². The second-order valence-corrected chi connectivity index (χ2v) is 6.21. The number of ether oxygens (including phenoxy) is 3. The van der Waals surface area contributed by atoms with Crippen molar-refractivity contribution in [3.63, 3.8) is 0 Å². The van der Waals surface area contributed by atoms with Crippen molar-refractivity contribution in [1.82, 2.24) is 19.1 Å². The molecule has 148 valence electrons. The zero-order valence-corrected chi connectivity index (χ0v) is 15.3. The predicted molar refractivity (Wildman–Crippen MR) is 95.7 cm³/mol. The van der Waals surface area contributed by atoms with Gasteiger partial charge in [-0.15, -0.1) is 6.42 Å². The largest absolute Gasteiger partial charge is 0.463 e. The Balaban J connectivity index is 2.07. The molecule has 0 bridgehead atoms. The minimum absolute atomic E-state index is 0.0164. The van der Waals surface area contributed by atoms with Crippen LogP contribution >= 0.6 is 0 Å². The van der Waals surface area contributed by atoms with Crippen LogP contribution in [0.25, 0.3) is 11.2 Å². The molecule has 3 rings (SSSR count). The van der Waals surface area contributed by atoms with Crippen LogP contribution in [0.15, 0.2) is 11.0 Å². The summed E-state index contributed by atoms with van der Waals surface area (Å²) in [5.74, 6) is 1.34. The zero-order chi connectivity index (χ0) is 20.4. The van der Waals surface area contributed by atoms with E-state index in [-0.39, 0.29) is 31.2 Å². The molecule has 11 heteroatoms. The maximum Gasteiger partial charge on any atom is 0.333 e. The molecule has 11 nitrogen and oxygen atoms in total. The van der Waals surface area contributed by atoms with Crippen LogP contribution in [0.4, 0.5) is 5.95 Å². The molecule has 1 aliphatic heterocycles. The minimum Gasteiger partial charge on any atom is -0.463 e. The number of rotatable bonds is 5. The maximum absolute atomic E-state index is 13.0. The Bertz CT molecular complexity index is 1020. The molecule has 3 atom stereocenters. The van der Waals surface area contributed by atoms with Gasteiger partial charge >= 0.3 is 17.6 Å². The standard InChI is InChI=1S/C17H19N5O6/c1-4-5-21-12-7-19-16(18)20-14(12)22(17(21)25)15-13(27-10(3)24)6-11(28-15)8-26-9(2)23/h1,7,11,13,15H,5-6,8H2,2-3H3,(H2,18,19,20)/t11-,13+,15+/m0/s1. The van der Waals surface area contributed by atoms with Crippen molar-refractivity contribution in [3.05, 3.63) is 16.7 Å². The van der Waals surface area contributed by atoms with Gasteiger partial charge in [0.15, 0.2) is 11.9 Å². The number of hydrogen-bond acceptors (Lipinski definition) is 9. The number of carbonyl (C=O) groups excluding carboxylic acids is 2. The highest BCUT2D eigenvalue weighted by molar-refractivity contribution is 5.72. The maximum atomic E-state index is 13.0. The molecule has 3 heterocycles. The lowest BCUT2D eigenvalue weighted by Gasteiger charge is -2.19. The van der Waals surface area contributed by atoms with Crippen molar-refractivity contribution >= 4 is 29.1 Å². The summed E-state index contributed by atoms with van der Waals surface area (Å²) in [5.41, 5.74) is 5.73. The summed E-state index contributed by atoms with van der Waals surface area (Å²) in [6.07, 6.45) is 4.62. The van der Waals surface area contributed by atoms with Crippen LogP contribution in [0.1, 0.15) is 26.5 Å². The van der Waals surface area contributed by atoms with Gasteiger partial charge in [-0.3, -0.25) is 14.2 Å². The highest BCUT2D eigenvalue weighted by Gasteiger charge is 2.41. The van der Waals surface area contributed by atoms with Crippen LogP contribution in [-0.4, -0.2) is 49.9 Å². The number of aromatic nitrogens is 4. The van der Waals surface area contributed by atoms with E-state index in [2.05, 4.69) is 15.9 Å². The molecular weight excluding hydrogens is 370 g/mol. The molecule has 0 aromatic carbocycles. The number of esters is 2. The SMILES string of the molecule is C#CCn1c(=O)n([C@@H]2O[C@H](COC(C)=O)C[C@H]2OC(C)=O)c2nc(N)ncc21. The fraction of sp³-hybridized carbons (Fsp3) is 0.471. The lowest BCUT2D eigenvalue weighted by atomic mass is 10.2. The lowest BCUT2D eigenvalue weighted by molar-refractivity contribution is -0.153. The normalized spacial score (nSPS) is 21.4. The van der Waals surface area contributed by atoms with Crippen molar-refractivity contribution in [3.8, 4) is 12.3 Å². The highest BCUT2D eigenvalue weighted by Crippen LogP contribution is 2.32. The Morgan fingerprint density at radius 2 is 2.18 bits per heavy atom. The molecule has 0 aliphatic carbocycles. The average Bonchev–Trinajstić information content (AvgIpc) is 3.11. The molecule has 28 heavy (non-hydrogen) atoms. The van der Waals surface area contributed by atoms with E-state index in [1.165, 1.54) is 29.2 Å². The van der Waals surface area contributed by atoms with Gasteiger partial charge < -0.3 is 19.9 Å². The number of imidazole rings is 1. The molecule has 2 N–H and O–H groups in total. The molecule has 2 aromatic rings. The van der Waals surface area contributed by atoms with Crippen molar-refractivity contribution in [1.29, 1.82) is 0 Å². The number of fused-ring (bicyclic) bond motifs is 1. The van der Waals surface area contributed by atoms with Crippen molar-refractivity contribution < 1.29 is 23.8 Å². The third-order valence-corrected chi connectivity index (χ3v) is 4.16. The molecule has 1 aliphatic rings. The van der Waals surface area contributed by atoms with E-state index in [1.54, 1.807) is 0 Å². The van der Waals surface area contributed by atoms with Crippen LogP contribution < -0.4 is 11.4 Å². The first-order chi connectivity index (χ1) is 13.3. The fourth-order valence-electron chi connectivity index (χ4n) is 3.12. The first-order valence-electron chi connectivity index (χ1n) is 8.44. The van der Waals surface area contributed by atoms with Gasteiger partial charge in [-0.05, 0) is 0 Å². The minimum atomic E-state index is -0.993. The first kappa shape index (κ1) is 19.4. The van der Waals surface area contributed by atoms with Crippen LogP contribution in [0.5, 0.6) is 0 Å². The third-order valence-electron chi connectivity index (χ3n) is 4.16. The number of nitrogens with two attached hydrogens (primary N) is 1. The quantitative estimate of drug-likeness (QED) is 0.533. The molecule has 1 saturated heterocycles. The Kier molecular flexibility index (Phi) is 5.32. The highest BCUT2D eigenvalue weighted by atomic mass is 16.6. The molecule has 2 aromatic heterocycles. The molecule has 0 spiro atoms.